The Morgan fingerprint density at radius 1 is 1.16 bits per heavy atom. The highest BCUT2D eigenvalue weighted by Crippen LogP contribution is 2.48. The minimum atomic E-state index is -0.936. The predicted molar refractivity (Wildman–Crippen MR) is 96.7 cm³/mol. The Hall–Kier alpha value is -2.59. The molecule has 0 saturated carbocycles. The lowest BCUT2D eigenvalue weighted by atomic mass is 9.85. The number of likely N-dealkylation sites (N-methyl/N-ethyl adjacent to an activating group) is 1. The van der Waals surface area contributed by atoms with E-state index in [0.29, 0.717) is 13.0 Å². The molecule has 2 aromatic carbocycles. The Morgan fingerprint density at radius 2 is 1.88 bits per heavy atom. The molecule has 1 spiro atoms. The average molecular weight is 335 g/mol. The molecule has 4 rings (SSSR count). The molecule has 0 unspecified atom stereocenters. The van der Waals surface area contributed by atoms with Crippen LogP contribution in [0.2, 0.25) is 0 Å². The van der Waals surface area contributed by atoms with Gasteiger partial charge in [0.05, 0.1) is 5.69 Å². The van der Waals surface area contributed by atoms with Gasteiger partial charge >= 0.3 is 0 Å². The van der Waals surface area contributed by atoms with Crippen LogP contribution in [0.3, 0.4) is 0 Å². The fraction of sp³-hybridized carbons (Fsp3) is 0.286. The summed E-state index contributed by atoms with van der Waals surface area (Å²) in [6.07, 6.45) is 2.37. The van der Waals surface area contributed by atoms with Gasteiger partial charge in [0.2, 0.25) is 0 Å². The van der Waals surface area contributed by atoms with Crippen molar-refractivity contribution >= 4 is 11.6 Å². The van der Waals surface area contributed by atoms with Gasteiger partial charge in [-0.1, -0.05) is 48.0 Å². The molecule has 0 radical (unpaired) electrons. The molecule has 2 heterocycles. The Morgan fingerprint density at radius 3 is 2.68 bits per heavy atom. The minimum absolute atomic E-state index is 0.00846. The first kappa shape index (κ1) is 15.9. The lowest BCUT2D eigenvalue weighted by Gasteiger charge is -2.36. The van der Waals surface area contributed by atoms with Crippen molar-refractivity contribution in [1.29, 1.82) is 0 Å². The zero-order valence-corrected chi connectivity index (χ0v) is 14.4. The van der Waals surface area contributed by atoms with Crippen LogP contribution >= 0.6 is 0 Å². The van der Waals surface area contributed by atoms with Crippen molar-refractivity contribution in [3.8, 4) is 5.75 Å². The number of ether oxygens (including phenoxy) is 2. The van der Waals surface area contributed by atoms with Crippen molar-refractivity contribution < 1.29 is 14.3 Å². The van der Waals surface area contributed by atoms with Gasteiger partial charge in [-0.05, 0) is 25.1 Å². The molecule has 0 bridgehead atoms. The SMILES string of the molecule is CC1=C[C@H](COc2ccccc2)O[C@]2(C1)C(=O)N(C)c1ccccc12. The molecular formula is C21H21NO3. The summed E-state index contributed by atoms with van der Waals surface area (Å²) < 4.78 is 12.2. The van der Waals surface area contributed by atoms with E-state index in [1.165, 1.54) is 0 Å². The van der Waals surface area contributed by atoms with E-state index in [1.54, 1.807) is 4.90 Å². The number of fused-ring (bicyclic) bond motifs is 2. The molecule has 0 aliphatic carbocycles. The van der Waals surface area contributed by atoms with Crippen LogP contribution in [0.5, 0.6) is 5.75 Å². The van der Waals surface area contributed by atoms with Crippen LogP contribution in [0.15, 0.2) is 66.2 Å². The zero-order chi connectivity index (χ0) is 17.4. The molecule has 2 aliphatic heterocycles. The van der Waals surface area contributed by atoms with Gasteiger partial charge < -0.3 is 14.4 Å². The van der Waals surface area contributed by atoms with Crippen molar-refractivity contribution in [3.05, 3.63) is 71.8 Å². The number of rotatable bonds is 3. The number of carbonyl (C=O) groups is 1. The average Bonchev–Trinajstić information content (AvgIpc) is 2.83. The maximum atomic E-state index is 13.0. The highest BCUT2D eigenvalue weighted by Gasteiger charge is 2.53. The van der Waals surface area contributed by atoms with Gasteiger partial charge in [-0.15, -0.1) is 0 Å². The Kier molecular flexibility index (Phi) is 3.85. The van der Waals surface area contributed by atoms with Crippen molar-refractivity contribution in [2.45, 2.75) is 25.0 Å². The molecule has 25 heavy (non-hydrogen) atoms. The van der Waals surface area contributed by atoms with E-state index in [1.807, 2.05) is 68.6 Å². The number of para-hydroxylation sites is 2. The minimum Gasteiger partial charge on any atom is -0.491 e. The molecule has 128 valence electrons. The molecular weight excluding hydrogens is 314 g/mol. The van der Waals surface area contributed by atoms with Gasteiger partial charge in [0, 0.05) is 19.0 Å². The first-order valence-electron chi connectivity index (χ1n) is 8.51. The van der Waals surface area contributed by atoms with Gasteiger partial charge in [0.15, 0.2) is 5.60 Å². The monoisotopic (exact) mass is 335 g/mol. The summed E-state index contributed by atoms with van der Waals surface area (Å²) in [6, 6.07) is 17.5. The van der Waals surface area contributed by atoms with Crippen LogP contribution < -0.4 is 9.64 Å². The third-order valence-electron chi connectivity index (χ3n) is 4.86. The van der Waals surface area contributed by atoms with Crippen LogP contribution in [0, 0.1) is 0 Å². The van der Waals surface area contributed by atoms with Gasteiger partial charge in [0.1, 0.15) is 18.5 Å². The second-order valence-electron chi connectivity index (χ2n) is 6.68. The number of nitrogens with zero attached hydrogens (tertiary/aromatic N) is 1. The largest absolute Gasteiger partial charge is 0.491 e. The summed E-state index contributed by atoms with van der Waals surface area (Å²) in [6.45, 7) is 2.43. The molecule has 0 N–H and O–H groups in total. The third kappa shape index (κ3) is 2.63. The Labute approximate surface area is 147 Å². The summed E-state index contributed by atoms with van der Waals surface area (Å²) in [5.74, 6) is 0.790. The maximum Gasteiger partial charge on any atom is 0.264 e. The van der Waals surface area contributed by atoms with Crippen molar-refractivity contribution in [1.82, 2.24) is 0 Å². The van der Waals surface area contributed by atoms with E-state index in [-0.39, 0.29) is 12.0 Å². The van der Waals surface area contributed by atoms with E-state index in [2.05, 4.69) is 6.08 Å². The summed E-state index contributed by atoms with van der Waals surface area (Å²) in [4.78, 5) is 14.7. The predicted octanol–water partition coefficient (Wildman–Crippen LogP) is 3.67. The molecule has 1 amide bonds. The molecule has 0 aromatic heterocycles. The van der Waals surface area contributed by atoms with Crippen LogP contribution in [-0.4, -0.2) is 25.7 Å². The molecule has 4 heteroatoms. The van der Waals surface area contributed by atoms with Crippen LogP contribution in [0.1, 0.15) is 18.9 Å². The van der Waals surface area contributed by atoms with Crippen LogP contribution in [0.25, 0.3) is 0 Å². The number of hydrogen-bond acceptors (Lipinski definition) is 3. The quantitative estimate of drug-likeness (QED) is 0.803. The van der Waals surface area contributed by atoms with E-state index in [0.717, 1.165) is 22.6 Å². The van der Waals surface area contributed by atoms with E-state index in [9.17, 15) is 4.79 Å². The molecule has 0 fully saturated rings. The number of carbonyl (C=O) groups excluding carboxylic acids is 1. The van der Waals surface area contributed by atoms with Crippen molar-refractivity contribution in [3.63, 3.8) is 0 Å². The first-order valence-corrected chi connectivity index (χ1v) is 8.51. The topological polar surface area (TPSA) is 38.8 Å². The number of amides is 1. The van der Waals surface area contributed by atoms with Gasteiger partial charge in [0.25, 0.3) is 5.91 Å². The number of hydrogen-bond donors (Lipinski definition) is 0. The fourth-order valence-corrected chi connectivity index (χ4v) is 3.77. The van der Waals surface area contributed by atoms with Gasteiger partial charge in [-0.25, -0.2) is 0 Å². The molecule has 2 aliphatic rings. The summed E-state index contributed by atoms with van der Waals surface area (Å²) >= 11 is 0. The van der Waals surface area contributed by atoms with E-state index in [4.69, 9.17) is 9.47 Å². The standard InChI is InChI=1S/C21H21NO3/c1-15-12-17(14-24-16-8-4-3-5-9-16)25-21(13-15)18-10-6-7-11-19(18)22(2)20(21)23/h3-12,17H,13-14H2,1-2H3/t17-,21+/m1/s1. The summed E-state index contributed by atoms with van der Waals surface area (Å²) in [5, 5.41) is 0. The van der Waals surface area contributed by atoms with Crippen LogP contribution in [-0.2, 0) is 15.1 Å². The zero-order valence-electron chi connectivity index (χ0n) is 14.4. The number of anilines is 1. The van der Waals surface area contributed by atoms with Crippen molar-refractivity contribution in [2.24, 2.45) is 0 Å². The highest BCUT2D eigenvalue weighted by atomic mass is 16.6. The Balaban J connectivity index is 1.62. The Bertz CT molecular complexity index is 830. The van der Waals surface area contributed by atoms with Gasteiger partial charge in [-0.2, -0.15) is 0 Å². The molecule has 4 nitrogen and oxygen atoms in total. The lowest BCUT2D eigenvalue weighted by Crippen LogP contribution is -2.46. The van der Waals surface area contributed by atoms with E-state index >= 15 is 0 Å². The van der Waals surface area contributed by atoms with Crippen molar-refractivity contribution in [2.75, 3.05) is 18.6 Å². The van der Waals surface area contributed by atoms with Gasteiger partial charge in [-0.3, -0.25) is 4.79 Å². The molecule has 2 aromatic rings. The maximum absolute atomic E-state index is 13.0. The molecule has 0 saturated heterocycles. The molecule has 2 atom stereocenters. The smallest absolute Gasteiger partial charge is 0.264 e. The van der Waals surface area contributed by atoms with Crippen LogP contribution in [0.4, 0.5) is 5.69 Å². The fourth-order valence-electron chi connectivity index (χ4n) is 3.77. The summed E-state index contributed by atoms with van der Waals surface area (Å²) in [7, 11) is 1.81. The third-order valence-corrected chi connectivity index (χ3v) is 4.86. The second-order valence-corrected chi connectivity index (χ2v) is 6.68. The number of benzene rings is 2. The first-order chi connectivity index (χ1) is 12.1. The normalized spacial score (nSPS) is 25.0. The highest BCUT2D eigenvalue weighted by molar-refractivity contribution is 6.07. The van der Waals surface area contributed by atoms with E-state index < -0.39 is 5.60 Å². The lowest BCUT2D eigenvalue weighted by molar-refractivity contribution is -0.153. The second kappa shape index (κ2) is 6.05. The summed E-state index contributed by atoms with van der Waals surface area (Å²) in [5.41, 5.74) is 2.07.